The van der Waals surface area contributed by atoms with Crippen molar-refractivity contribution in [3.8, 4) is 0 Å². The van der Waals surface area contributed by atoms with Crippen LogP contribution in [-0.4, -0.2) is 9.38 Å². The first-order valence-electron chi connectivity index (χ1n) is 3.30. The Kier molecular flexibility index (Phi) is 1.43. The second kappa shape index (κ2) is 2.43. The van der Waals surface area contributed by atoms with E-state index in [1.807, 2.05) is 34.9 Å². The minimum absolute atomic E-state index is 0.788. The lowest BCUT2D eigenvalue weighted by atomic mass is 10.4. The zero-order valence-corrected chi connectivity index (χ0v) is 6.58. The molecule has 0 aliphatic rings. The van der Waals surface area contributed by atoms with Crippen molar-refractivity contribution in [2.45, 2.75) is 0 Å². The number of nitrogens with zero attached hydrogens (tertiary/aromatic N) is 2. The molecule has 0 unspecified atom stereocenters. The van der Waals surface area contributed by atoms with Crippen molar-refractivity contribution in [2.75, 3.05) is 0 Å². The van der Waals surface area contributed by atoms with Gasteiger partial charge in [0.25, 0.3) is 0 Å². The Labute approximate surface area is 69.1 Å². The largest absolute Gasteiger partial charge is 0.292 e. The smallest absolute Gasteiger partial charge is 0.137 e. The molecular weight excluding hydrogens is 156 g/mol. The minimum atomic E-state index is 0.788. The third-order valence-electron chi connectivity index (χ3n) is 1.50. The summed E-state index contributed by atoms with van der Waals surface area (Å²) in [5, 5.41) is 0. The fraction of sp³-hybridized carbons (Fsp3) is 0. The van der Waals surface area contributed by atoms with Gasteiger partial charge in [-0.05, 0) is 18.2 Å². The molecule has 2 aromatic heterocycles. The molecule has 0 saturated heterocycles. The van der Waals surface area contributed by atoms with Crippen LogP contribution in [-0.2, 0) is 0 Å². The Hall–Kier alpha value is -1.22. The summed E-state index contributed by atoms with van der Waals surface area (Å²) in [6.07, 6.45) is 3.63. The number of fused-ring (bicyclic) bond motifs is 1. The van der Waals surface area contributed by atoms with Gasteiger partial charge in [-0.3, -0.25) is 4.40 Å². The summed E-state index contributed by atoms with van der Waals surface area (Å²) in [7, 11) is 0. The fourth-order valence-electron chi connectivity index (χ4n) is 0.983. The predicted octanol–water partition coefficient (Wildman–Crippen LogP) is 2.06. The molecule has 11 heavy (non-hydrogen) atoms. The van der Waals surface area contributed by atoms with E-state index in [9.17, 15) is 0 Å². The maximum atomic E-state index is 5.08. The Balaban J connectivity index is 3.03. The molecule has 2 aromatic rings. The standard InChI is InChI=1S/C8H6N2S/c11-8-4-5-9-7-3-1-2-6-10(7)8/h1-6H. The third kappa shape index (κ3) is 1.03. The van der Waals surface area contributed by atoms with E-state index in [2.05, 4.69) is 4.98 Å². The third-order valence-corrected chi connectivity index (χ3v) is 1.83. The monoisotopic (exact) mass is 162 g/mol. The van der Waals surface area contributed by atoms with E-state index in [4.69, 9.17) is 12.2 Å². The molecule has 0 N–H and O–H groups in total. The Bertz CT molecular complexity index is 428. The van der Waals surface area contributed by atoms with Crippen molar-refractivity contribution < 1.29 is 0 Å². The molecule has 0 saturated carbocycles. The lowest BCUT2D eigenvalue weighted by molar-refractivity contribution is 1.08. The van der Waals surface area contributed by atoms with Gasteiger partial charge in [0.1, 0.15) is 10.3 Å². The van der Waals surface area contributed by atoms with Gasteiger partial charge in [0.2, 0.25) is 0 Å². The van der Waals surface area contributed by atoms with Crippen molar-refractivity contribution in [3.05, 3.63) is 41.3 Å². The van der Waals surface area contributed by atoms with Crippen LogP contribution in [0, 0.1) is 4.64 Å². The van der Waals surface area contributed by atoms with Gasteiger partial charge in [0, 0.05) is 12.4 Å². The van der Waals surface area contributed by atoms with Gasteiger partial charge in [0.15, 0.2) is 0 Å². The van der Waals surface area contributed by atoms with Crippen LogP contribution >= 0.6 is 12.2 Å². The quantitative estimate of drug-likeness (QED) is 0.552. The van der Waals surface area contributed by atoms with E-state index in [1.165, 1.54) is 0 Å². The first kappa shape index (κ1) is 6.49. The van der Waals surface area contributed by atoms with Gasteiger partial charge < -0.3 is 0 Å². The van der Waals surface area contributed by atoms with E-state index in [-0.39, 0.29) is 0 Å². The maximum Gasteiger partial charge on any atom is 0.137 e. The lowest BCUT2D eigenvalue weighted by Gasteiger charge is -1.96. The van der Waals surface area contributed by atoms with Crippen LogP contribution in [0.15, 0.2) is 36.7 Å². The molecule has 54 valence electrons. The highest BCUT2D eigenvalue weighted by atomic mass is 32.1. The average Bonchev–Trinajstić information content (AvgIpc) is 2.06. The highest BCUT2D eigenvalue weighted by Gasteiger charge is 1.88. The fourth-order valence-corrected chi connectivity index (χ4v) is 1.20. The Morgan fingerprint density at radius 3 is 3.00 bits per heavy atom. The van der Waals surface area contributed by atoms with E-state index in [0.29, 0.717) is 0 Å². The van der Waals surface area contributed by atoms with Crippen LogP contribution in [0.3, 0.4) is 0 Å². The number of aromatic nitrogens is 2. The van der Waals surface area contributed by atoms with Crippen molar-refractivity contribution in [2.24, 2.45) is 0 Å². The molecule has 2 rings (SSSR count). The van der Waals surface area contributed by atoms with Crippen LogP contribution in [0.2, 0.25) is 0 Å². The molecule has 2 nitrogen and oxygen atoms in total. The maximum absolute atomic E-state index is 5.08. The Morgan fingerprint density at radius 2 is 2.18 bits per heavy atom. The second-order valence-corrected chi connectivity index (χ2v) is 2.63. The molecule has 0 bridgehead atoms. The molecule has 3 heteroatoms. The minimum Gasteiger partial charge on any atom is -0.292 e. The summed E-state index contributed by atoms with van der Waals surface area (Å²) in [6, 6.07) is 7.61. The van der Waals surface area contributed by atoms with Crippen molar-refractivity contribution in [1.29, 1.82) is 0 Å². The topological polar surface area (TPSA) is 17.3 Å². The molecule has 2 heterocycles. The predicted molar refractivity (Wildman–Crippen MR) is 46.0 cm³/mol. The molecule has 0 radical (unpaired) electrons. The van der Waals surface area contributed by atoms with Gasteiger partial charge in [-0.2, -0.15) is 0 Å². The number of rotatable bonds is 0. The van der Waals surface area contributed by atoms with Gasteiger partial charge in [0.05, 0.1) is 0 Å². The van der Waals surface area contributed by atoms with Gasteiger partial charge in [-0.25, -0.2) is 4.98 Å². The lowest BCUT2D eigenvalue weighted by Crippen LogP contribution is -1.90. The van der Waals surface area contributed by atoms with Gasteiger partial charge >= 0.3 is 0 Å². The van der Waals surface area contributed by atoms with Crippen LogP contribution in [0.25, 0.3) is 5.65 Å². The zero-order valence-electron chi connectivity index (χ0n) is 5.77. The summed E-state index contributed by atoms with van der Waals surface area (Å²) >= 11 is 5.08. The first-order chi connectivity index (χ1) is 5.38. The molecular formula is C8H6N2S. The number of hydrogen-bond donors (Lipinski definition) is 0. The highest BCUT2D eigenvalue weighted by Crippen LogP contribution is 1.98. The van der Waals surface area contributed by atoms with Crippen molar-refractivity contribution >= 4 is 17.9 Å². The molecule has 0 fully saturated rings. The van der Waals surface area contributed by atoms with Crippen molar-refractivity contribution in [1.82, 2.24) is 9.38 Å². The molecule has 0 aromatic carbocycles. The average molecular weight is 162 g/mol. The number of hydrogen-bond acceptors (Lipinski definition) is 2. The van der Waals surface area contributed by atoms with E-state index in [0.717, 1.165) is 10.3 Å². The molecule has 0 amide bonds. The van der Waals surface area contributed by atoms with E-state index in [1.54, 1.807) is 6.20 Å². The molecule has 0 aliphatic carbocycles. The number of pyridine rings is 1. The molecule has 0 spiro atoms. The normalized spacial score (nSPS) is 10.2. The van der Waals surface area contributed by atoms with E-state index >= 15 is 0 Å². The van der Waals surface area contributed by atoms with Gasteiger partial charge in [-0.1, -0.05) is 18.3 Å². The van der Waals surface area contributed by atoms with Crippen molar-refractivity contribution in [3.63, 3.8) is 0 Å². The zero-order chi connectivity index (χ0) is 7.68. The summed E-state index contributed by atoms with van der Waals surface area (Å²) in [5.41, 5.74) is 0.889. The van der Waals surface area contributed by atoms with Gasteiger partial charge in [-0.15, -0.1) is 0 Å². The summed E-state index contributed by atoms with van der Waals surface area (Å²) < 4.78 is 2.66. The summed E-state index contributed by atoms with van der Waals surface area (Å²) in [6.45, 7) is 0. The second-order valence-electron chi connectivity index (χ2n) is 2.21. The highest BCUT2D eigenvalue weighted by molar-refractivity contribution is 7.71. The van der Waals surface area contributed by atoms with E-state index < -0.39 is 0 Å². The summed E-state index contributed by atoms with van der Waals surface area (Å²) in [5.74, 6) is 0. The SMILES string of the molecule is S=c1ccnc2ccccn12. The summed E-state index contributed by atoms with van der Waals surface area (Å²) in [4.78, 5) is 4.14. The molecule has 0 atom stereocenters. The molecule has 0 aliphatic heterocycles. The van der Waals surface area contributed by atoms with Crippen LogP contribution < -0.4 is 0 Å². The Morgan fingerprint density at radius 1 is 1.27 bits per heavy atom. The first-order valence-corrected chi connectivity index (χ1v) is 3.71. The van der Waals surface area contributed by atoms with Crippen LogP contribution in [0.4, 0.5) is 0 Å². The van der Waals surface area contributed by atoms with Crippen LogP contribution in [0.5, 0.6) is 0 Å². The van der Waals surface area contributed by atoms with Crippen LogP contribution in [0.1, 0.15) is 0 Å².